The van der Waals surface area contributed by atoms with Crippen molar-refractivity contribution in [1.29, 1.82) is 5.26 Å². The monoisotopic (exact) mass is 268 g/mol. The molecule has 0 spiro atoms. The molecule has 0 aliphatic carbocycles. The van der Waals surface area contributed by atoms with Crippen LogP contribution in [0.5, 0.6) is 0 Å². The lowest BCUT2D eigenvalue weighted by atomic mass is 10.1. The Morgan fingerprint density at radius 3 is 2.60 bits per heavy atom. The van der Waals surface area contributed by atoms with Crippen LogP contribution >= 0.6 is 0 Å². The molecular weight excluding hydrogens is 252 g/mol. The third-order valence-electron chi connectivity index (χ3n) is 2.99. The van der Waals surface area contributed by atoms with Gasteiger partial charge in [-0.3, -0.25) is 0 Å². The molecule has 0 bridgehead atoms. The minimum absolute atomic E-state index is 0.0565. The van der Waals surface area contributed by atoms with Crippen LogP contribution in [0.15, 0.2) is 30.5 Å². The molecule has 0 saturated heterocycles. The van der Waals surface area contributed by atoms with E-state index >= 15 is 0 Å². The van der Waals surface area contributed by atoms with E-state index in [-0.39, 0.29) is 17.5 Å². The van der Waals surface area contributed by atoms with Crippen LogP contribution in [0.4, 0.5) is 5.82 Å². The Morgan fingerprint density at radius 2 is 2.05 bits per heavy atom. The smallest absolute Gasteiger partial charge is 0.161 e. The number of hydrogen-bond donors (Lipinski definition) is 1. The number of benzene rings is 1. The van der Waals surface area contributed by atoms with E-state index in [1.165, 1.54) is 6.20 Å². The molecule has 2 aromatic rings. The molecule has 2 N–H and O–H groups in total. The first-order valence-electron chi connectivity index (χ1n) is 6.40. The number of nitriles is 1. The third kappa shape index (κ3) is 2.92. The van der Waals surface area contributed by atoms with Crippen molar-refractivity contribution in [1.82, 2.24) is 9.97 Å². The highest BCUT2D eigenvalue weighted by atomic mass is 16.5. The summed E-state index contributed by atoms with van der Waals surface area (Å²) in [5.41, 5.74) is 7.93. The van der Waals surface area contributed by atoms with Gasteiger partial charge in [0.1, 0.15) is 17.5 Å². The molecule has 1 aromatic carbocycles. The maximum absolute atomic E-state index is 8.80. The summed E-state index contributed by atoms with van der Waals surface area (Å²) in [6.45, 7) is 4.66. The number of aromatic nitrogens is 2. The van der Waals surface area contributed by atoms with Crippen molar-refractivity contribution in [2.24, 2.45) is 0 Å². The van der Waals surface area contributed by atoms with Gasteiger partial charge in [0.05, 0.1) is 12.3 Å². The Kier molecular flexibility index (Phi) is 4.28. The van der Waals surface area contributed by atoms with Gasteiger partial charge in [-0.25, -0.2) is 9.97 Å². The van der Waals surface area contributed by atoms with Gasteiger partial charge >= 0.3 is 0 Å². The van der Waals surface area contributed by atoms with E-state index in [9.17, 15) is 0 Å². The maximum atomic E-state index is 8.80. The van der Waals surface area contributed by atoms with E-state index in [4.69, 9.17) is 15.7 Å². The highest BCUT2D eigenvalue weighted by molar-refractivity contribution is 5.59. The van der Waals surface area contributed by atoms with E-state index in [1.54, 1.807) is 0 Å². The van der Waals surface area contributed by atoms with Gasteiger partial charge in [0, 0.05) is 12.2 Å². The largest absolute Gasteiger partial charge is 0.382 e. The summed E-state index contributed by atoms with van der Waals surface area (Å²) >= 11 is 0. The van der Waals surface area contributed by atoms with Crippen LogP contribution in [0.25, 0.3) is 11.4 Å². The van der Waals surface area contributed by atoms with Crippen LogP contribution in [0.2, 0.25) is 0 Å². The molecule has 2 rings (SSSR count). The molecule has 0 saturated carbocycles. The normalized spacial score (nSPS) is 11.8. The fourth-order valence-corrected chi connectivity index (χ4v) is 1.87. The van der Waals surface area contributed by atoms with Gasteiger partial charge in [0.2, 0.25) is 0 Å². The van der Waals surface area contributed by atoms with Gasteiger partial charge in [0.15, 0.2) is 5.82 Å². The number of rotatable bonds is 4. The van der Waals surface area contributed by atoms with Gasteiger partial charge in [0.25, 0.3) is 0 Å². The summed E-state index contributed by atoms with van der Waals surface area (Å²) in [4.78, 5) is 8.28. The highest BCUT2D eigenvalue weighted by Crippen LogP contribution is 2.22. The Bertz CT molecular complexity index is 631. The van der Waals surface area contributed by atoms with Gasteiger partial charge in [-0.05, 0) is 19.4 Å². The maximum Gasteiger partial charge on any atom is 0.161 e. The Balaban J connectivity index is 2.26. The topological polar surface area (TPSA) is 84.8 Å². The molecule has 0 radical (unpaired) electrons. The summed E-state index contributed by atoms with van der Waals surface area (Å²) in [6, 6.07) is 9.75. The zero-order chi connectivity index (χ0) is 14.5. The van der Waals surface area contributed by atoms with Crippen molar-refractivity contribution in [3.05, 3.63) is 41.6 Å². The number of nitrogens with two attached hydrogens (primary N) is 1. The van der Waals surface area contributed by atoms with Crippen molar-refractivity contribution >= 4 is 5.82 Å². The lowest BCUT2D eigenvalue weighted by Gasteiger charge is -2.12. The number of hydrogen-bond acceptors (Lipinski definition) is 5. The van der Waals surface area contributed by atoms with Gasteiger partial charge < -0.3 is 10.5 Å². The van der Waals surface area contributed by atoms with Crippen molar-refractivity contribution < 1.29 is 4.74 Å². The average Bonchev–Trinajstić information content (AvgIpc) is 2.47. The zero-order valence-electron chi connectivity index (χ0n) is 11.5. The molecule has 102 valence electrons. The number of anilines is 1. The van der Waals surface area contributed by atoms with Crippen LogP contribution in [0.1, 0.15) is 31.1 Å². The molecule has 0 aliphatic heterocycles. The molecule has 5 nitrogen and oxygen atoms in total. The fourth-order valence-electron chi connectivity index (χ4n) is 1.87. The SMILES string of the molecule is CCOC(C)c1ccc(-c2ncc(C#N)c(N)n2)cc1. The minimum Gasteiger partial charge on any atom is -0.382 e. The van der Waals surface area contributed by atoms with E-state index in [1.807, 2.05) is 44.2 Å². The first-order chi connectivity index (χ1) is 9.65. The second kappa shape index (κ2) is 6.13. The summed E-state index contributed by atoms with van der Waals surface area (Å²) in [5, 5.41) is 8.80. The molecule has 0 aliphatic rings. The van der Waals surface area contributed by atoms with Crippen LogP contribution < -0.4 is 5.73 Å². The summed E-state index contributed by atoms with van der Waals surface area (Å²) in [6.07, 6.45) is 1.50. The molecule has 0 amide bonds. The lowest BCUT2D eigenvalue weighted by molar-refractivity contribution is 0.0764. The van der Waals surface area contributed by atoms with Crippen LogP contribution in [-0.2, 0) is 4.74 Å². The molecule has 1 aromatic heterocycles. The van der Waals surface area contributed by atoms with Crippen molar-refractivity contribution in [2.45, 2.75) is 20.0 Å². The van der Waals surface area contributed by atoms with E-state index < -0.39 is 0 Å². The number of nitrogens with zero attached hydrogens (tertiary/aromatic N) is 3. The summed E-state index contributed by atoms with van der Waals surface area (Å²) in [5.74, 6) is 0.710. The number of nitrogen functional groups attached to an aromatic ring is 1. The van der Waals surface area contributed by atoms with Crippen molar-refractivity contribution in [3.8, 4) is 17.5 Å². The molecular formula is C15H16N4O. The first kappa shape index (κ1) is 14.0. The third-order valence-corrected chi connectivity index (χ3v) is 2.99. The second-order valence-electron chi connectivity index (χ2n) is 4.32. The van der Waals surface area contributed by atoms with E-state index in [0.29, 0.717) is 12.4 Å². The fraction of sp³-hybridized carbons (Fsp3) is 0.267. The van der Waals surface area contributed by atoms with Crippen LogP contribution in [-0.4, -0.2) is 16.6 Å². The van der Waals surface area contributed by atoms with Gasteiger partial charge in [-0.15, -0.1) is 0 Å². The molecule has 1 atom stereocenters. The molecule has 1 heterocycles. The van der Waals surface area contributed by atoms with Crippen LogP contribution in [0, 0.1) is 11.3 Å². The minimum atomic E-state index is 0.0565. The van der Waals surface area contributed by atoms with Crippen LogP contribution in [0.3, 0.4) is 0 Å². The van der Waals surface area contributed by atoms with Crippen molar-refractivity contribution in [2.75, 3.05) is 12.3 Å². The average molecular weight is 268 g/mol. The summed E-state index contributed by atoms with van der Waals surface area (Å²) in [7, 11) is 0. The highest BCUT2D eigenvalue weighted by Gasteiger charge is 2.08. The van der Waals surface area contributed by atoms with Crippen molar-refractivity contribution in [3.63, 3.8) is 0 Å². The lowest BCUT2D eigenvalue weighted by Crippen LogP contribution is -2.00. The van der Waals surface area contributed by atoms with E-state index in [2.05, 4.69) is 9.97 Å². The standard InChI is InChI=1S/C15H16N4O/c1-3-20-10(2)11-4-6-12(7-5-11)15-18-9-13(8-16)14(17)19-15/h4-7,9-10H,3H2,1-2H3,(H2,17,18,19). The predicted octanol–water partition coefficient (Wildman–Crippen LogP) is 2.69. The first-order valence-corrected chi connectivity index (χ1v) is 6.40. The quantitative estimate of drug-likeness (QED) is 0.921. The summed E-state index contributed by atoms with van der Waals surface area (Å²) < 4.78 is 5.54. The Labute approximate surface area is 118 Å². The van der Waals surface area contributed by atoms with Gasteiger partial charge in [-0.1, -0.05) is 24.3 Å². The Morgan fingerprint density at radius 1 is 1.35 bits per heavy atom. The van der Waals surface area contributed by atoms with Gasteiger partial charge in [-0.2, -0.15) is 5.26 Å². The number of ether oxygens (including phenoxy) is 1. The molecule has 5 heteroatoms. The second-order valence-corrected chi connectivity index (χ2v) is 4.32. The molecule has 1 unspecified atom stereocenters. The zero-order valence-corrected chi connectivity index (χ0v) is 11.5. The molecule has 0 fully saturated rings. The molecule has 20 heavy (non-hydrogen) atoms. The Hall–Kier alpha value is -2.45. The van der Waals surface area contributed by atoms with E-state index in [0.717, 1.165) is 11.1 Å². The predicted molar refractivity (Wildman–Crippen MR) is 76.6 cm³/mol.